The summed E-state index contributed by atoms with van der Waals surface area (Å²) in [6.45, 7) is 6.99. The average molecular weight is 297 g/mol. The lowest BCUT2D eigenvalue weighted by molar-refractivity contribution is 0.377. The summed E-state index contributed by atoms with van der Waals surface area (Å²) in [6, 6.07) is 0. The molecule has 1 saturated heterocycles. The van der Waals surface area contributed by atoms with E-state index in [-0.39, 0.29) is 10.6 Å². The molecule has 0 saturated carbocycles. The lowest BCUT2D eigenvalue weighted by atomic mass is 9.97. The Balaban J connectivity index is 2.13. The van der Waals surface area contributed by atoms with Crippen LogP contribution in [0.2, 0.25) is 5.02 Å². The molecule has 1 fully saturated rings. The molecule has 1 aliphatic heterocycles. The first kappa shape index (κ1) is 15.1. The van der Waals surface area contributed by atoms with Crippen molar-refractivity contribution in [1.29, 1.82) is 0 Å². The second kappa shape index (κ2) is 6.90. The van der Waals surface area contributed by atoms with Crippen LogP contribution < -0.4 is 15.8 Å². The summed E-state index contributed by atoms with van der Waals surface area (Å²) >= 11 is 6.19. The van der Waals surface area contributed by atoms with Gasteiger partial charge in [0.1, 0.15) is 5.02 Å². The number of rotatable bonds is 5. The van der Waals surface area contributed by atoms with Gasteiger partial charge in [0.25, 0.3) is 5.56 Å². The summed E-state index contributed by atoms with van der Waals surface area (Å²) < 4.78 is 1.32. The van der Waals surface area contributed by atoms with Gasteiger partial charge >= 0.3 is 0 Å². The lowest BCUT2D eigenvalue weighted by Crippen LogP contribution is -2.35. The molecule has 2 rings (SSSR count). The molecule has 1 aromatic heterocycles. The molecule has 1 aromatic rings. The molecule has 0 bridgehead atoms. The van der Waals surface area contributed by atoms with E-state index in [0.717, 1.165) is 32.5 Å². The normalized spacial score (nSPS) is 16.1. The molecule has 6 heteroatoms. The lowest BCUT2D eigenvalue weighted by Gasteiger charge is -2.29. The summed E-state index contributed by atoms with van der Waals surface area (Å²) in [4.78, 5) is 14.1. The Morgan fingerprint density at radius 2 is 2.30 bits per heavy atom. The molecule has 0 amide bonds. The molecule has 0 spiro atoms. The number of hydrogen-bond donors (Lipinski definition) is 1. The van der Waals surface area contributed by atoms with Crippen molar-refractivity contribution < 1.29 is 0 Å². The van der Waals surface area contributed by atoms with E-state index in [4.69, 9.17) is 11.6 Å². The van der Waals surface area contributed by atoms with Crippen LogP contribution in [-0.2, 0) is 6.54 Å². The Bertz CT molecular complexity index is 522. The van der Waals surface area contributed by atoms with Crippen molar-refractivity contribution in [1.82, 2.24) is 15.1 Å². The highest BCUT2D eigenvalue weighted by atomic mass is 35.5. The maximum atomic E-state index is 12.1. The van der Waals surface area contributed by atoms with E-state index < -0.39 is 0 Å². The zero-order chi connectivity index (χ0) is 14.5. The van der Waals surface area contributed by atoms with E-state index in [1.165, 1.54) is 4.68 Å². The number of aromatic nitrogens is 2. The van der Waals surface area contributed by atoms with Crippen molar-refractivity contribution >= 4 is 17.3 Å². The third kappa shape index (κ3) is 3.41. The minimum atomic E-state index is -0.263. The zero-order valence-electron chi connectivity index (χ0n) is 11.8. The number of nitrogens with one attached hydrogen (secondary N) is 1. The number of piperidine rings is 1. The SMILES string of the molecule is C=CCn1ncc(N(C)CC2CCNCC2)c(Cl)c1=O. The van der Waals surface area contributed by atoms with Crippen molar-refractivity contribution in [3.05, 3.63) is 34.2 Å². The Morgan fingerprint density at radius 3 is 2.95 bits per heavy atom. The summed E-state index contributed by atoms with van der Waals surface area (Å²) in [5.74, 6) is 0.632. The summed E-state index contributed by atoms with van der Waals surface area (Å²) in [5.41, 5.74) is 0.441. The third-order valence-corrected chi connectivity index (χ3v) is 4.03. The fourth-order valence-corrected chi connectivity index (χ4v) is 2.82. The van der Waals surface area contributed by atoms with Crippen LogP contribution in [0.4, 0.5) is 5.69 Å². The molecule has 0 aromatic carbocycles. The monoisotopic (exact) mass is 296 g/mol. The number of anilines is 1. The summed E-state index contributed by atoms with van der Waals surface area (Å²) in [6.07, 6.45) is 5.60. The first-order valence-corrected chi connectivity index (χ1v) is 7.29. The minimum absolute atomic E-state index is 0.235. The highest BCUT2D eigenvalue weighted by molar-refractivity contribution is 6.33. The number of halogens is 1. The smallest absolute Gasteiger partial charge is 0.287 e. The van der Waals surface area contributed by atoms with Crippen molar-refractivity contribution in [2.75, 3.05) is 31.6 Å². The number of allylic oxidation sites excluding steroid dienone is 1. The van der Waals surface area contributed by atoms with Crippen molar-refractivity contribution in [2.24, 2.45) is 5.92 Å². The topological polar surface area (TPSA) is 50.2 Å². The maximum Gasteiger partial charge on any atom is 0.287 e. The largest absolute Gasteiger partial charge is 0.372 e. The molecule has 0 radical (unpaired) electrons. The number of hydrogen-bond acceptors (Lipinski definition) is 4. The van der Waals surface area contributed by atoms with Crippen LogP contribution in [0.1, 0.15) is 12.8 Å². The van der Waals surface area contributed by atoms with Crippen LogP contribution in [0, 0.1) is 5.92 Å². The van der Waals surface area contributed by atoms with Gasteiger partial charge in [0, 0.05) is 13.6 Å². The number of nitrogens with zero attached hydrogens (tertiary/aromatic N) is 3. The summed E-state index contributed by atoms with van der Waals surface area (Å²) in [7, 11) is 1.96. The third-order valence-electron chi connectivity index (χ3n) is 3.67. The van der Waals surface area contributed by atoms with Gasteiger partial charge in [0.15, 0.2) is 0 Å². The Kier molecular flexibility index (Phi) is 5.20. The first-order chi connectivity index (χ1) is 9.63. The molecule has 0 atom stereocenters. The summed E-state index contributed by atoms with van der Waals surface area (Å²) in [5, 5.41) is 7.72. The maximum absolute atomic E-state index is 12.1. The molecule has 1 N–H and O–H groups in total. The fourth-order valence-electron chi connectivity index (χ4n) is 2.52. The molecular weight excluding hydrogens is 276 g/mol. The van der Waals surface area contributed by atoms with E-state index in [1.54, 1.807) is 12.3 Å². The first-order valence-electron chi connectivity index (χ1n) is 6.92. The quantitative estimate of drug-likeness (QED) is 0.837. The molecule has 0 aliphatic carbocycles. The van der Waals surface area contributed by atoms with E-state index >= 15 is 0 Å². The molecule has 2 heterocycles. The van der Waals surface area contributed by atoms with Crippen molar-refractivity contribution in [3.63, 3.8) is 0 Å². The van der Waals surface area contributed by atoms with Gasteiger partial charge in [-0.3, -0.25) is 4.79 Å². The second-order valence-corrected chi connectivity index (χ2v) is 5.57. The molecule has 0 unspecified atom stereocenters. The van der Waals surface area contributed by atoms with E-state index in [2.05, 4.69) is 17.0 Å². The van der Waals surface area contributed by atoms with Crippen LogP contribution in [-0.4, -0.2) is 36.5 Å². The van der Waals surface area contributed by atoms with Crippen LogP contribution in [0.5, 0.6) is 0 Å². The Hall–Kier alpha value is -1.33. The predicted octanol–water partition coefficient (Wildman–Crippen LogP) is 1.52. The zero-order valence-corrected chi connectivity index (χ0v) is 12.6. The van der Waals surface area contributed by atoms with Gasteiger partial charge in [-0.25, -0.2) is 4.68 Å². The van der Waals surface area contributed by atoms with Gasteiger partial charge in [-0.2, -0.15) is 5.10 Å². The molecule has 110 valence electrons. The standard InChI is InChI=1S/C14H21ClN4O/c1-3-8-19-14(20)13(15)12(9-17-19)18(2)10-11-4-6-16-7-5-11/h3,9,11,16H,1,4-8,10H2,2H3. The fraction of sp³-hybridized carbons (Fsp3) is 0.571. The predicted molar refractivity (Wildman–Crippen MR) is 82.6 cm³/mol. The van der Waals surface area contributed by atoms with E-state index in [1.807, 2.05) is 11.9 Å². The van der Waals surface area contributed by atoms with Crippen LogP contribution in [0.25, 0.3) is 0 Å². The van der Waals surface area contributed by atoms with Crippen LogP contribution in [0.3, 0.4) is 0 Å². The highest BCUT2D eigenvalue weighted by Crippen LogP contribution is 2.22. The Labute approximate surface area is 124 Å². The molecule has 1 aliphatic rings. The van der Waals surface area contributed by atoms with Gasteiger partial charge in [-0.1, -0.05) is 17.7 Å². The van der Waals surface area contributed by atoms with Gasteiger partial charge < -0.3 is 10.2 Å². The second-order valence-electron chi connectivity index (χ2n) is 5.19. The minimum Gasteiger partial charge on any atom is -0.372 e. The molecule has 20 heavy (non-hydrogen) atoms. The van der Waals surface area contributed by atoms with E-state index in [9.17, 15) is 4.79 Å². The van der Waals surface area contributed by atoms with Crippen LogP contribution >= 0.6 is 11.6 Å². The van der Waals surface area contributed by atoms with E-state index in [0.29, 0.717) is 18.2 Å². The van der Waals surface area contributed by atoms with Gasteiger partial charge in [-0.05, 0) is 31.8 Å². The van der Waals surface area contributed by atoms with Gasteiger partial charge in [0.2, 0.25) is 0 Å². The molecular formula is C14H21ClN4O. The van der Waals surface area contributed by atoms with Gasteiger partial charge in [0.05, 0.1) is 18.4 Å². The van der Waals surface area contributed by atoms with Gasteiger partial charge in [-0.15, -0.1) is 6.58 Å². The van der Waals surface area contributed by atoms with Crippen LogP contribution in [0.15, 0.2) is 23.6 Å². The highest BCUT2D eigenvalue weighted by Gasteiger charge is 2.18. The Morgan fingerprint density at radius 1 is 1.60 bits per heavy atom. The van der Waals surface area contributed by atoms with Crippen molar-refractivity contribution in [2.45, 2.75) is 19.4 Å². The molecule has 5 nitrogen and oxygen atoms in total. The average Bonchev–Trinajstić information content (AvgIpc) is 2.45. The van der Waals surface area contributed by atoms with Crippen molar-refractivity contribution in [3.8, 4) is 0 Å².